The highest BCUT2D eigenvalue weighted by molar-refractivity contribution is 5.87. The third kappa shape index (κ3) is 9.69. The van der Waals surface area contributed by atoms with Crippen LogP contribution in [-0.2, 0) is 27.2 Å². The van der Waals surface area contributed by atoms with Crippen molar-refractivity contribution in [2.24, 2.45) is 5.92 Å². The molecule has 214 valence electrons. The summed E-state index contributed by atoms with van der Waals surface area (Å²) in [4.78, 5) is 37.2. The second-order valence-electron chi connectivity index (χ2n) is 10.3. The first-order valence-corrected chi connectivity index (χ1v) is 14.1. The lowest BCUT2D eigenvalue weighted by molar-refractivity contribution is -0.128. The summed E-state index contributed by atoms with van der Waals surface area (Å²) < 4.78 is 6.22. The fourth-order valence-corrected chi connectivity index (χ4v) is 4.51. The first kappa shape index (κ1) is 30.6. The minimum atomic E-state index is -0.696. The molecule has 0 saturated heterocycles. The summed E-state index contributed by atoms with van der Waals surface area (Å²) in [6, 6.07) is 16.1. The molecule has 0 radical (unpaired) electrons. The number of hydrogen-bond donors (Lipinski definition) is 4. The zero-order valence-electron chi connectivity index (χ0n) is 23.7. The molecule has 3 amide bonds. The Labute approximate surface area is 237 Å². The largest absolute Gasteiger partial charge is 0.489 e. The lowest BCUT2D eigenvalue weighted by atomic mass is 10.0. The van der Waals surface area contributed by atoms with Gasteiger partial charge >= 0.3 is 0 Å². The Morgan fingerprint density at radius 2 is 1.80 bits per heavy atom. The Balaban J connectivity index is 1.49. The number of aryl methyl sites for hydroxylation is 1. The Kier molecular flexibility index (Phi) is 12.0. The van der Waals surface area contributed by atoms with Crippen molar-refractivity contribution in [2.75, 3.05) is 20.1 Å². The van der Waals surface area contributed by atoms with Gasteiger partial charge in [0.05, 0.1) is 17.7 Å². The summed E-state index contributed by atoms with van der Waals surface area (Å²) in [5.74, 6) is 0.776. The molecule has 0 heterocycles. The van der Waals surface area contributed by atoms with Gasteiger partial charge in [0.15, 0.2) is 0 Å². The molecule has 9 heteroatoms. The summed E-state index contributed by atoms with van der Waals surface area (Å²) in [6.07, 6.45) is 4.05. The molecule has 3 unspecified atom stereocenters. The summed E-state index contributed by atoms with van der Waals surface area (Å²) >= 11 is 0. The van der Waals surface area contributed by atoms with E-state index in [-0.39, 0.29) is 36.3 Å². The lowest BCUT2D eigenvalue weighted by Gasteiger charge is -2.22. The number of ether oxygens (including phenoxy) is 1. The maximum Gasteiger partial charge on any atom is 0.242 e. The number of hydrogen-bond acceptors (Lipinski definition) is 6. The van der Waals surface area contributed by atoms with Crippen LogP contribution in [0.15, 0.2) is 48.5 Å². The number of carbonyl (C=O) groups excluding carboxylic acids is 3. The zero-order chi connectivity index (χ0) is 28.9. The second-order valence-corrected chi connectivity index (χ2v) is 10.3. The molecule has 1 aliphatic rings. The molecule has 3 rings (SSSR count). The van der Waals surface area contributed by atoms with Crippen molar-refractivity contribution in [1.29, 1.82) is 5.26 Å². The Hall–Kier alpha value is -3.90. The van der Waals surface area contributed by atoms with E-state index < -0.39 is 6.04 Å². The fourth-order valence-electron chi connectivity index (χ4n) is 4.51. The normalized spacial score (nSPS) is 14.8. The van der Waals surface area contributed by atoms with Gasteiger partial charge in [-0.05, 0) is 67.9 Å². The molecule has 0 bridgehead atoms. The Bertz CT molecular complexity index is 1170. The summed E-state index contributed by atoms with van der Waals surface area (Å²) in [5.41, 5.74) is 2.45. The van der Waals surface area contributed by atoms with E-state index in [1.165, 1.54) is 0 Å². The number of nitrogens with zero attached hydrogens (tertiary/aromatic N) is 1. The van der Waals surface area contributed by atoms with Crippen LogP contribution in [0.4, 0.5) is 0 Å². The van der Waals surface area contributed by atoms with E-state index in [9.17, 15) is 14.4 Å². The summed E-state index contributed by atoms with van der Waals surface area (Å²) in [5, 5.41) is 20.9. The first-order valence-electron chi connectivity index (χ1n) is 14.1. The standard InChI is InChI=1S/C31H41N5O4/c1-4-28(37)36-26(18-22-11-13-23(19-32)14-12-22)30(38)34-17-7-9-24-8-5-6-10-27(24)40-21(2)20-35-29(25-15-16-25)31(39)33-3/h5-6,8,10-14,21,25-26,29,35H,4,7,9,15-18,20H2,1-3H3,(H,33,39)(H,34,38)(H,36,37). The highest BCUT2D eigenvalue weighted by Gasteiger charge is 2.35. The third-order valence-corrected chi connectivity index (χ3v) is 6.97. The predicted molar refractivity (Wildman–Crippen MR) is 154 cm³/mol. The third-order valence-electron chi connectivity index (χ3n) is 6.97. The van der Waals surface area contributed by atoms with Gasteiger partial charge in [-0.1, -0.05) is 37.3 Å². The molecule has 0 aliphatic heterocycles. The van der Waals surface area contributed by atoms with E-state index in [1.807, 2.05) is 31.2 Å². The van der Waals surface area contributed by atoms with E-state index >= 15 is 0 Å². The molecule has 1 aliphatic carbocycles. The number of nitrogens with one attached hydrogen (secondary N) is 4. The SMILES string of the molecule is CCC(=O)NC(Cc1ccc(C#N)cc1)C(=O)NCCCc1ccccc1OC(C)CNC(C(=O)NC)C1CC1. The smallest absolute Gasteiger partial charge is 0.242 e. The van der Waals surface area contributed by atoms with Crippen molar-refractivity contribution in [1.82, 2.24) is 21.3 Å². The molecule has 40 heavy (non-hydrogen) atoms. The topological polar surface area (TPSA) is 132 Å². The van der Waals surface area contributed by atoms with Crippen LogP contribution in [-0.4, -0.2) is 56.0 Å². The van der Waals surface area contributed by atoms with E-state index in [0.717, 1.165) is 29.7 Å². The van der Waals surface area contributed by atoms with Gasteiger partial charge in [-0.25, -0.2) is 0 Å². The minimum absolute atomic E-state index is 0.0190. The molecular formula is C31H41N5O4. The molecule has 1 saturated carbocycles. The molecule has 0 spiro atoms. The Morgan fingerprint density at radius 1 is 1.07 bits per heavy atom. The van der Waals surface area contributed by atoms with Gasteiger partial charge in [0.25, 0.3) is 0 Å². The van der Waals surface area contributed by atoms with Crippen molar-refractivity contribution in [3.8, 4) is 11.8 Å². The number of amides is 3. The predicted octanol–water partition coefficient (Wildman–Crippen LogP) is 2.63. The average molecular weight is 548 g/mol. The van der Waals surface area contributed by atoms with E-state index in [1.54, 1.807) is 38.2 Å². The highest BCUT2D eigenvalue weighted by Crippen LogP contribution is 2.32. The van der Waals surface area contributed by atoms with Gasteiger partial charge in [-0.2, -0.15) is 5.26 Å². The Morgan fingerprint density at radius 3 is 2.45 bits per heavy atom. The van der Waals surface area contributed by atoms with Gasteiger partial charge in [-0.3, -0.25) is 14.4 Å². The molecule has 2 aromatic rings. The van der Waals surface area contributed by atoms with Crippen molar-refractivity contribution < 1.29 is 19.1 Å². The van der Waals surface area contributed by atoms with Crippen LogP contribution in [0.3, 0.4) is 0 Å². The number of nitriles is 1. The lowest BCUT2D eigenvalue weighted by Crippen LogP contribution is -2.48. The van der Waals surface area contributed by atoms with Gasteiger partial charge in [-0.15, -0.1) is 0 Å². The molecule has 1 fully saturated rings. The number of para-hydroxylation sites is 1. The van der Waals surface area contributed by atoms with E-state index in [4.69, 9.17) is 10.00 Å². The average Bonchev–Trinajstić information content (AvgIpc) is 3.81. The molecule has 4 N–H and O–H groups in total. The van der Waals surface area contributed by atoms with Crippen LogP contribution in [0.25, 0.3) is 0 Å². The minimum Gasteiger partial charge on any atom is -0.489 e. The van der Waals surface area contributed by atoms with Gasteiger partial charge < -0.3 is 26.0 Å². The van der Waals surface area contributed by atoms with E-state index in [2.05, 4.69) is 27.3 Å². The number of carbonyl (C=O) groups is 3. The van der Waals surface area contributed by atoms with Crippen molar-refractivity contribution in [3.05, 3.63) is 65.2 Å². The van der Waals surface area contributed by atoms with Gasteiger partial charge in [0, 0.05) is 33.0 Å². The summed E-state index contributed by atoms with van der Waals surface area (Å²) in [6.45, 7) is 4.74. The quantitative estimate of drug-likeness (QED) is 0.239. The van der Waals surface area contributed by atoms with Crippen LogP contribution in [0.5, 0.6) is 5.75 Å². The molecule has 9 nitrogen and oxygen atoms in total. The fraction of sp³-hybridized carbons (Fsp3) is 0.484. The number of rotatable bonds is 16. The highest BCUT2D eigenvalue weighted by atomic mass is 16.5. The van der Waals surface area contributed by atoms with Crippen molar-refractivity contribution in [3.63, 3.8) is 0 Å². The van der Waals surface area contributed by atoms with Gasteiger partial charge in [0.2, 0.25) is 17.7 Å². The van der Waals surface area contributed by atoms with Crippen molar-refractivity contribution >= 4 is 17.7 Å². The maximum absolute atomic E-state index is 13.0. The van der Waals surface area contributed by atoms with Crippen LogP contribution < -0.4 is 26.0 Å². The monoisotopic (exact) mass is 547 g/mol. The number of likely N-dealkylation sites (N-methyl/N-ethyl adjacent to an activating group) is 1. The van der Waals surface area contributed by atoms with Crippen LogP contribution in [0, 0.1) is 17.2 Å². The first-order chi connectivity index (χ1) is 19.3. The molecule has 3 atom stereocenters. The number of benzene rings is 2. The molecule has 0 aromatic heterocycles. The zero-order valence-corrected chi connectivity index (χ0v) is 23.7. The second kappa shape index (κ2) is 15.6. The van der Waals surface area contributed by atoms with Crippen molar-refractivity contribution in [2.45, 2.75) is 70.6 Å². The molecule has 2 aromatic carbocycles. The van der Waals surface area contributed by atoms with Crippen LogP contribution in [0.2, 0.25) is 0 Å². The van der Waals surface area contributed by atoms with E-state index in [0.29, 0.717) is 43.8 Å². The maximum atomic E-state index is 13.0. The van der Waals surface area contributed by atoms with Crippen LogP contribution in [0.1, 0.15) is 56.2 Å². The van der Waals surface area contributed by atoms with Gasteiger partial charge in [0.1, 0.15) is 17.9 Å². The molecular weight excluding hydrogens is 506 g/mol. The van der Waals surface area contributed by atoms with Crippen LogP contribution >= 0.6 is 0 Å². The summed E-state index contributed by atoms with van der Waals surface area (Å²) in [7, 11) is 1.66.